The fraction of sp³-hybridized carbons (Fsp3) is 0.286. The van der Waals surface area contributed by atoms with E-state index in [-0.39, 0.29) is 31.6 Å². The molecule has 0 aliphatic heterocycles. The minimum atomic E-state index is -0.125. The molecule has 0 heterocycles. The predicted octanol–water partition coefficient (Wildman–Crippen LogP) is 8.06. The minimum absolute atomic E-state index is 0. The van der Waals surface area contributed by atoms with Crippen LogP contribution in [0.3, 0.4) is 0 Å². The number of hydrogen-bond donors (Lipinski definition) is 1. The molecule has 0 saturated heterocycles. The average molecular weight is 663 g/mol. The predicted molar refractivity (Wildman–Crippen MR) is 150 cm³/mol. The van der Waals surface area contributed by atoms with Gasteiger partial charge in [-0.3, -0.25) is 4.79 Å². The zero-order valence-corrected chi connectivity index (χ0v) is 25.5. The maximum absolute atomic E-state index is 10.0. The molecule has 0 amide bonds. The summed E-state index contributed by atoms with van der Waals surface area (Å²) < 4.78 is 0. The Morgan fingerprint density at radius 3 is 1.58 bits per heavy atom. The van der Waals surface area contributed by atoms with Crippen LogP contribution < -0.4 is 0 Å². The number of aliphatic hydroxyl groups excluding tert-OH is 1. The Labute approximate surface area is 219 Å². The zero-order chi connectivity index (χ0) is 24.9. The molecule has 2 aromatic rings. The van der Waals surface area contributed by atoms with Crippen LogP contribution in [0.25, 0.3) is 5.57 Å². The van der Waals surface area contributed by atoms with Crippen molar-refractivity contribution in [3.8, 4) is 0 Å². The Morgan fingerprint density at radius 2 is 1.24 bits per heavy atom. The van der Waals surface area contributed by atoms with Gasteiger partial charge in [-0.1, -0.05) is 24.3 Å². The van der Waals surface area contributed by atoms with Crippen molar-refractivity contribution in [2.75, 3.05) is 40.0 Å². The molecule has 0 unspecified atom stereocenters. The van der Waals surface area contributed by atoms with Crippen LogP contribution >= 0.6 is 15.8 Å². The van der Waals surface area contributed by atoms with Crippen LogP contribution in [-0.4, -0.2) is 50.9 Å². The summed E-state index contributed by atoms with van der Waals surface area (Å²) in [6, 6.07) is 20.2. The molecular weight excluding hydrogens is 622 g/mol. The van der Waals surface area contributed by atoms with E-state index in [0.717, 1.165) is 16.7 Å². The van der Waals surface area contributed by atoms with Crippen molar-refractivity contribution < 1.29 is 30.0 Å². The summed E-state index contributed by atoms with van der Waals surface area (Å²) in [6.07, 6.45) is 8.25. The van der Waals surface area contributed by atoms with Crippen molar-refractivity contribution in [2.24, 2.45) is 0 Å². The van der Waals surface area contributed by atoms with Gasteiger partial charge in [-0.2, -0.15) is 18.6 Å². The molecule has 0 fully saturated rings. The second-order valence-electron chi connectivity index (χ2n) is 7.81. The van der Waals surface area contributed by atoms with Crippen molar-refractivity contribution in [2.45, 2.75) is 13.8 Å². The van der Waals surface area contributed by atoms with E-state index in [4.69, 9.17) is 5.11 Å². The van der Waals surface area contributed by atoms with Gasteiger partial charge >= 0.3 is 0 Å². The minimum Gasteiger partial charge on any atom is -0.512 e. The smallest absolute Gasteiger partial charge is 0.155 e. The Morgan fingerprint density at radius 1 is 0.848 bits per heavy atom. The van der Waals surface area contributed by atoms with Crippen molar-refractivity contribution in [3.63, 3.8) is 0 Å². The molecule has 0 saturated carbocycles. The van der Waals surface area contributed by atoms with Crippen LogP contribution in [0, 0.1) is 13.0 Å². The number of allylic oxidation sites excluding steroid dienone is 5. The first kappa shape index (κ1) is 36.1. The van der Waals surface area contributed by atoms with Gasteiger partial charge in [-0.25, -0.2) is 0 Å². The summed E-state index contributed by atoms with van der Waals surface area (Å²) in [4.78, 5) is 10.0. The molecule has 0 atom stereocenters. The first-order valence-corrected chi connectivity index (χ1v) is 15.6. The third kappa shape index (κ3) is 30.5. The molecule has 33 heavy (non-hydrogen) atoms. The van der Waals surface area contributed by atoms with Gasteiger partial charge in [0.25, 0.3) is 0 Å². The summed E-state index contributed by atoms with van der Waals surface area (Å²) in [5, 5.41) is 8.36. The summed E-state index contributed by atoms with van der Waals surface area (Å²) in [5.41, 5.74) is 3.21. The first-order chi connectivity index (χ1) is 15.0. The van der Waals surface area contributed by atoms with E-state index in [0.29, 0.717) is 15.8 Å². The fourth-order valence-corrected chi connectivity index (χ4v) is 1.82. The molecule has 1 radical (unpaired) electrons. The Hall–Kier alpha value is -1.49. The van der Waals surface area contributed by atoms with Gasteiger partial charge in [-0.05, 0) is 53.8 Å². The van der Waals surface area contributed by atoms with Crippen LogP contribution in [-0.2, 0) is 24.9 Å². The molecule has 2 rings (SSSR count). The molecule has 0 spiro atoms. The third-order valence-corrected chi connectivity index (χ3v) is 2.87. The van der Waals surface area contributed by atoms with E-state index in [9.17, 15) is 4.79 Å². The van der Waals surface area contributed by atoms with Crippen LogP contribution in [0.5, 0.6) is 0 Å². The molecule has 0 bridgehead atoms. The number of carbonyl (C=O) groups excluding carboxylic acids is 1. The van der Waals surface area contributed by atoms with E-state index in [1.807, 2.05) is 60.7 Å². The van der Waals surface area contributed by atoms with Gasteiger partial charge in [0, 0.05) is 26.2 Å². The molecule has 2 aromatic carbocycles. The van der Waals surface area contributed by atoms with Gasteiger partial charge in [0.2, 0.25) is 0 Å². The summed E-state index contributed by atoms with van der Waals surface area (Å²) in [7, 11) is 0.759. The van der Waals surface area contributed by atoms with E-state index in [1.165, 1.54) is 19.9 Å². The number of hydrogen-bond acceptors (Lipinski definition) is 2. The van der Waals surface area contributed by atoms with Crippen molar-refractivity contribution in [1.82, 2.24) is 0 Å². The van der Waals surface area contributed by atoms with Crippen LogP contribution in [0.15, 0.2) is 84.7 Å². The summed E-state index contributed by atoms with van der Waals surface area (Å²) >= 11 is 0. The van der Waals surface area contributed by atoms with Gasteiger partial charge in [0.05, 0.1) is 5.76 Å². The molecule has 0 aliphatic carbocycles. The first-order valence-electron chi connectivity index (χ1n) is 10.3. The second kappa shape index (κ2) is 23.7. The van der Waals surface area contributed by atoms with Crippen LogP contribution in [0.4, 0.5) is 0 Å². The molecule has 1 N–H and O–H groups in total. The molecule has 0 aliphatic rings. The SMILES string of the molecule is CC(=O)/C=C(/C)O.CP(C)C.CP(C)C.[CH2-]/C(=C\C=[C-]c1ccccc1)c1ccccc1.[Ir]. The number of carbonyl (C=O) groups is 1. The zero-order valence-electron chi connectivity index (χ0n) is 21.3. The Balaban J connectivity index is -0.000000469. The number of rotatable bonds is 4. The van der Waals surface area contributed by atoms with E-state index in [2.05, 4.69) is 65.1 Å². The van der Waals surface area contributed by atoms with Crippen LogP contribution in [0.2, 0.25) is 0 Å². The van der Waals surface area contributed by atoms with Crippen molar-refractivity contribution in [3.05, 3.63) is 109 Å². The van der Waals surface area contributed by atoms with Crippen molar-refractivity contribution in [1.29, 1.82) is 0 Å². The third-order valence-electron chi connectivity index (χ3n) is 2.87. The monoisotopic (exact) mass is 663 g/mol. The Bertz CT molecular complexity index is 797. The average Bonchev–Trinajstić information content (AvgIpc) is 2.68. The summed E-state index contributed by atoms with van der Waals surface area (Å²) in [6.45, 7) is 20.3. The Kier molecular flexibility index (Phi) is 25.9. The van der Waals surface area contributed by atoms with Gasteiger partial charge < -0.3 is 5.11 Å². The van der Waals surface area contributed by atoms with Crippen LogP contribution in [0.1, 0.15) is 25.0 Å². The standard InChI is InChI=1S/C17H14.C5H8O2.2C3H9P.Ir/c1-15(17-13-6-3-7-14-17)9-8-12-16-10-4-2-5-11-16;1-4(6)3-5(2)7;2*1-4(2)3;/h2-11,13-14H,1H2;3,6H,1-2H3;2*1-3H3;/q-2;;;;/b15-9+;4-3-;;;. The van der Waals surface area contributed by atoms with Gasteiger partial charge in [0.1, 0.15) is 0 Å². The topological polar surface area (TPSA) is 37.3 Å². The van der Waals surface area contributed by atoms with E-state index < -0.39 is 0 Å². The normalized spacial score (nSPS) is 10.7. The number of benzene rings is 2. The molecular formula is C28H40IrO2P2-2. The largest absolute Gasteiger partial charge is 0.512 e. The summed E-state index contributed by atoms with van der Waals surface area (Å²) in [5.74, 6) is -0.0625. The van der Waals surface area contributed by atoms with Gasteiger partial charge in [-0.15, -0.1) is 75.5 Å². The fourth-order valence-electron chi connectivity index (χ4n) is 1.82. The van der Waals surface area contributed by atoms with E-state index in [1.54, 1.807) is 0 Å². The molecule has 2 nitrogen and oxygen atoms in total. The maximum Gasteiger partial charge on any atom is 0.155 e. The number of ketones is 1. The van der Waals surface area contributed by atoms with E-state index >= 15 is 0 Å². The number of aliphatic hydroxyl groups is 1. The second-order valence-corrected chi connectivity index (χ2v) is 13.2. The molecule has 185 valence electrons. The molecule has 0 aromatic heterocycles. The maximum atomic E-state index is 10.0. The van der Waals surface area contributed by atoms with Crippen molar-refractivity contribution >= 4 is 27.2 Å². The quantitative estimate of drug-likeness (QED) is 0.118. The van der Waals surface area contributed by atoms with Gasteiger partial charge in [0.15, 0.2) is 5.78 Å². The molecule has 5 heteroatoms.